The molecule has 7 heteroatoms. The summed E-state index contributed by atoms with van der Waals surface area (Å²) in [5.74, 6) is -1.54. The molecule has 0 saturated heterocycles. The van der Waals surface area contributed by atoms with Gasteiger partial charge in [0.2, 0.25) is 0 Å². The molecule has 92 valence electrons. The molecule has 2 amide bonds. The molecule has 0 aliphatic heterocycles. The number of carbonyl (C=O) groups is 1. The van der Waals surface area contributed by atoms with Crippen LogP contribution < -0.4 is 10.6 Å². The number of hydrogen-bond donors (Lipinski definition) is 2. The molecule has 0 aliphatic rings. The van der Waals surface area contributed by atoms with Crippen LogP contribution in [0, 0.1) is 11.6 Å². The predicted octanol–water partition coefficient (Wildman–Crippen LogP) is 2.40. The van der Waals surface area contributed by atoms with Crippen LogP contribution >= 0.6 is 0 Å². The van der Waals surface area contributed by atoms with Gasteiger partial charge in [-0.05, 0) is 18.2 Å². The molecule has 0 spiro atoms. The summed E-state index contributed by atoms with van der Waals surface area (Å²) in [5, 5.41) is 11.8. The van der Waals surface area contributed by atoms with Crippen molar-refractivity contribution in [3.63, 3.8) is 0 Å². The highest BCUT2D eigenvalue weighted by molar-refractivity contribution is 5.99. The SMILES string of the molecule is O=C(Nc1ccnnc1)Nc1cc(F)cc(F)c1. The second-order valence-electron chi connectivity index (χ2n) is 3.37. The largest absolute Gasteiger partial charge is 0.323 e. The molecule has 0 radical (unpaired) electrons. The van der Waals surface area contributed by atoms with E-state index in [1.807, 2.05) is 0 Å². The van der Waals surface area contributed by atoms with Gasteiger partial charge in [0.05, 0.1) is 18.1 Å². The van der Waals surface area contributed by atoms with Gasteiger partial charge in [0.1, 0.15) is 11.6 Å². The number of amides is 2. The minimum atomic E-state index is -0.768. The Morgan fingerprint density at radius 1 is 1.00 bits per heavy atom. The third kappa shape index (κ3) is 3.21. The van der Waals surface area contributed by atoms with Crippen LogP contribution in [-0.2, 0) is 0 Å². The Bertz CT molecular complexity index is 542. The van der Waals surface area contributed by atoms with E-state index in [9.17, 15) is 13.6 Å². The molecule has 2 rings (SSSR count). The Morgan fingerprint density at radius 2 is 1.67 bits per heavy atom. The first-order valence-corrected chi connectivity index (χ1v) is 4.94. The summed E-state index contributed by atoms with van der Waals surface area (Å²) >= 11 is 0. The first-order chi connectivity index (χ1) is 8.63. The normalized spacial score (nSPS) is 9.89. The highest BCUT2D eigenvalue weighted by atomic mass is 19.1. The van der Waals surface area contributed by atoms with Gasteiger partial charge in [0.25, 0.3) is 0 Å². The number of hydrogen-bond acceptors (Lipinski definition) is 3. The predicted molar refractivity (Wildman–Crippen MR) is 61.0 cm³/mol. The smallest absolute Gasteiger partial charge is 0.308 e. The highest BCUT2D eigenvalue weighted by Gasteiger charge is 2.05. The van der Waals surface area contributed by atoms with Crippen molar-refractivity contribution in [1.29, 1.82) is 0 Å². The monoisotopic (exact) mass is 250 g/mol. The molecule has 1 aromatic carbocycles. The number of halogens is 2. The van der Waals surface area contributed by atoms with Crippen LogP contribution in [0.3, 0.4) is 0 Å². The lowest BCUT2D eigenvalue weighted by atomic mass is 10.3. The zero-order valence-electron chi connectivity index (χ0n) is 9.02. The molecular formula is C11H8F2N4O. The van der Waals surface area contributed by atoms with Crippen LogP contribution in [-0.4, -0.2) is 16.2 Å². The minimum Gasteiger partial charge on any atom is -0.308 e. The summed E-state index contributed by atoms with van der Waals surface area (Å²) in [6, 6.07) is 3.63. The van der Waals surface area contributed by atoms with Crippen molar-refractivity contribution in [3.05, 3.63) is 48.3 Å². The van der Waals surface area contributed by atoms with E-state index in [1.54, 1.807) is 0 Å². The van der Waals surface area contributed by atoms with E-state index in [0.717, 1.165) is 18.2 Å². The average Bonchev–Trinajstić information content (AvgIpc) is 2.28. The average molecular weight is 250 g/mol. The van der Waals surface area contributed by atoms with E-state index in [4.69, 9.17) is 0 Å². The van der Waals surface area contributed by atoms with Gasteiger partial charge >= 0.3 is 6.03 Å². The maximum absolute atomic E-state index is 12.9. The molecule has 0 atom stereocenters. The molecule has 0 unspecified atom stereocenters. The van der Waals surface area contributed by atoms with E-state index in [-0.39, 0.29) is 5.69 Å². The second-order valence-corrected chi connectivity index (χ2v) is 3.37. The first kappa shape index (κ1) is 11.9. The number of nitrogens with zero attached hydrogens (tertiary/aromatic N) is 2. The van der Waals surface area contributed by atoms with E-state index in [2.05, 4.69) is 20.8 Å². The Labute approximate surface area is 101 Å². The fourth-order valence-corrected chi connectivity index (χ4v) is 1.28. The highest BCUT2D eigenvalue weighted by Crippen LogP contribution is 2.13. The maximum Gasteiger partial charge on any atom is 0.323 e. The van der Waals surface area contributed by atoms with Gasteiger partial charge < -0.3 is 10.6 Å². The van der Waals surface area contributed by atoms with E-state index >= 15 is 0 Å². The number of anilines is 2. The summed E-state index contributed by atoms with van der Waals surface area (Å²) in [7, 11) is 0. The van der Waals surface area contributed by atoms with E-state index < -0.39 is 17.7 Å². The van der Waals surface area contributed by atoms with Gasteiger partial charge in [-0.3, -0.25) is 0 Å². The number of urea groups is 1. The van der Waals surface area contributed by atoms with Crippen molar-refractivity contribution >= 4 is 17.4 Å². The molecule has 0 fully saturated rings. The lowest BCUT2D eigenvalue weighted by Crippen LogP contribution is -2.19. The zero-order chi connectivity index (χ0) is 13.0. The van der Waals surface area contributed by atoms with Crippen LogP contribution in [0.15, 0.2) is 36.7 Å². The molecule has 18 heavy (non-hydrogen) atoms. The van der Waals surface area contributed by atoms with Crippen molar-refractivity contribution in [3.8, 4) is 0 Å². The van der Waals surface area contributed by atoms with Gasteiger partial charge in [0, 0.05) is 11.8 Å². The molecular weight excluding hydrogens is 242 g/mol. The van der Waals surface area contributed by atoms with Crippen LogP contribution in [0.4, 0.5) is 25.0 Å². The first-order valence-electron chi connectivity index (χ1n) is 4.94. The van der Waals surface area contributed by atoms with Crippen molar-refractivity contribution in [2.75, 3.05) is 10.6 Å². The zero-order valence-corrected chi connectivity index (χ0v) is 9.02. The third-order valence-electron chi connectivity index (χ3n) is 1.96. The number of rotatable bonds is 2. The molecule has 1 aromatic heterocycles. The molecule has 0 bridgehead atoms. The Kier molecular flexibility index (Phi) is 3.42. The second kappa shape index (κ2) is 5.17. The summed E-state index contributed by atoms with van der Waals surface area (Å²) in [6.45, 7) is 0. The lowest BCUT2D eigenvalue weighted by Gasteiger charge is -2.07. The van der Waals surface area contributed by atoms with Crippen molar-refractivity contribution in [2.45, 2.75) is 0 Å². The van der Waals surface area contributed by atoms with E-state index in [0.29, 0.717) is 5.69 Å². The summed E-state index contributed by atoms with van der Waals surface area (Å²) < 4.78 is 25.8. The lowest BCUT2D eigenvalue weighted by molar-refractivity contribution is 0.262. The molecule has 2 aromatic rings. The van der Waals surface area contributed by atoms with Crippen LogP contribution in [0.5, 0.6) is 0 Å². The van der Waals surface area contributed by atoms with Crippen molar-refractivity contribution in [1.82, 2.24) is 10.2 Å². The standard InChI is InChI=1S/C11H8F2N4O/c12-7-3-8(13)5-10(4-7)17-11(18)16-9-1-2-14-15-6-9/h1-6H,(H2,14,16,17,18). The Morgan fingerprint density at radius 3 is 2.28 bits per heavy atom. The number of carbonyl (C=O) groups excluding carboxylic acids is 1. The molecule has 5 nitrogen and oxygen atoms in total. The summed E-state index contributed by atoms with van der Waals surface area (Å²) in [6.07, 6.45) is 2.74. The molecule has 1 heterocycles. The molecule has 2 N–H and O–H groups in total. The molecule has 0 saturated carbocycles. The number of aromatic nitrogens is 2. The number of benzene rings is 1. The minimum absolute atomic E-state index is 0.0204. The summed E-state index contributed by atoms with van der Waals surface area (Å²) in [4.78, 5) is 11.5. The fraction of sp³-hybridized carbons (Fsp3) is 0. The van der Waals surface area contributed by atoms with Crippen LogP contribution in [0.25, 0.3) is 0 Å². The van der Waals surface area contributed by atoms with E-state index in [1.165, 1.54) is 18.5 Å². The van der Waals surface area contributed by atoms with Gasteiger partial charge in [0.15, 0.2) is 0 Å². The van der Waals surface area contributed by atoms with Crippen LogP contribution in [0.2, 0.25) is 0 Å². The maximum atomic E-state index is 12.9. The number of nitrogens with one attached hydrogen (secondary N) is 2. The Balaban J connectivity index is 2.03. The van der Waals surface area contributed by atoms with Crippen molar-refractivity contribution in [2.24, 2.45) is 0 Å². The van der Waals surface area contributed by atoms with Gasteiger partial charge in [-0.15, -0.1) is 0 Å². The molecule has 0 aliphatic carbocycles. The third-order valence-corrected chi connectivity index (χ3v) is 1.96. The fourth-order valence-electron chi connectivity index (χ4n) is 1.28. The van der Waals surface area contributed by atoms with Gasteiger partial charge in [-0.25, -0.2) is 13.6 Å². The van der Waals surface area contributed by atoms with Gasteiger partial charge in [-0.2, -0.15) is 10.2 Å². The Hall–Kier alpha value is -2.57. The van der Waals surface area contributed by atoms with Crippen molar-refractivity contribution < 1.29 is 13.6 Å². The van der Waals surface area contributed by atoms with Gasteiger partial charge in [-0.1, -0.05) is 0 Å². The summed E-state index contributed by atoms with van der Waals surface area (Å²) in [5.41, 5.74) is 0.436. The topological polar surface area (TPSA) is 66.9 Å². The van der Waals surface area contributed by atoms with Crippen LogP contribution in [0.1, 0.15) is 0 Å². The quantitative estimate of drug-likeness (QED) is 0.860.